The lowest BCUT2D eigenvalue weighted by atomic mass is 10.1. The molecule has 0 spiro atoms. The predicted molar refractivity (Wildman–Crippen MR) is 72.3 cm³/mol. The van der Waals surface area contributed by atoms with Gasteiger partial charge in [0.15, 0.2) is 0 Å². The highest BCUT2D eigenvalue weighted by atomic mass is 19.1. The van der Waals surface area contributed by atoms with Crippen LogP contribution in [0, 0.1) is 11.7 Å². The van der Waals surface area contributed by atoms with E-state index in [4.69, 9.17) is 0 Å². The van der Waals surface area contributed by atoms with Gasteiger partial charge in [-0.05, 0) is 43.4 Å². The van der Waals surface area contributed by atoms with Gasteiger partial charge in [-0.1, -0.05) is 18.9 Å². The largest absolute Gasteiger partial charge is 0.389 e. The van der Waals surface area contributed by atoms with Crippen LogP contribution in [0.15, 0.2) is 18.2 Å². The molecule has 3 heteroatoms. The Labute approximate surface area is 108 Å². The van der Waals surface area contributed by atoms with E-state index in [-0.39, 0.29) is 5.82 Å². The Morgan fingerprint density at radius 2 is 2.06 bits per heavy atom. The molecule has 0 bridgehead atoms. The molecule has 0 radical (unpaired) electrons. The van der Waals surface area contributed by atoms with Gasteiger partial charge < -0.3 is 10.0 Å². The van der Waals surface area contributed by atoms with Crippen molar-refractivity contribution in [2.75, 3.05) is 18.5 Å². The van der Waals surface area contributed by atoms with E-state index in [2.05, 4.69) is 0 Å². The lowest BCUT2D eigenvalue weighted by Crippen LogP contribution is -2.24. The normalized spacial score (nSPS) is 18.0. The Balaban J connectivity index is 2.07. The molecule has 18 heavy (non-hydrogen) atoms. The standard InChI is InChI=1S/C15H22FNO/c1-11(18)13-7-8-15(14(16)9-13)17(2)10-12-5-3-4-6-12/h7-9,11-12,18H,3-6,10H2,1-2H3/t11-/m0/s1. The van der Waals surface area contributed by atoms with Gasteiger partial charge in [-0.2, -0.15) is 0 Å². The summed E-state index contributed by atoms with van der Waals surface area (Å²) in [6.07, 6.45) is 4.52. The second kappa shape index (κ2) is 5.70. The van der Waals surface area contributed by atoms with Gasteiger partial charge in [-0.15, -0.1) is 0 Å². The van der Waals surface area contributed by atoms with Crippen LogP contribution in [0.2, 0.25) is 0 Å². The first kappa shape index (κ1) is 13.3. The van der Waals surface area contributed by atoms with Crippen LogP contribution >= 0.6 is 0 Å². The van der Waals surface area contributed by atoms with Crippen molar-refractivity contribution in [3.63, 3.8) is 0 Å². The third kappa shape index (κ3) is 3.02. The summed E-state index contributed by atoms with van der Waals surface area (Å²) in [6, 6.07) is 5.01. The van der Waals surface area contributed by atoms with E-state index < -0.39 is 6.10 Å². The summed E-state index contributed by atoms with van der Waals surface area (Å²) in [4.78, 5) is 2.00. The Morgan fingerprint density at radius 1 is 1.39 bits per heavy atom. The average molecular weight is 251 g/mol. The highest BCUT2D eigenvalue weighted by Gasteiger charge is 2.18. The van der Waals surface area contributed by atoms with Crippen LogP contribution in [0.25, 0.3) is 0 Å². The maximum absolute atomic E-state index is 14.0. The number of rotatable bonds is 4. The molecule has 0 unspecified atom stereocenters. The lowest BCUT2D eigenvalue weighted by molar-refractivity contribution is 0.199. The van der Waals surface area contributed by atoms with E-state index in [9.17, 15) is 9.50 Å². The second-order valence-electron chi connectivity index (χ2n) is 5.42. The molecule has 2 nitrogen and oxygen atoms in total. The number of hydrogen-bond donors (Lipinski definition) is 1. The van der Waals surface area contributed by atoms with E-state index in [1.165, 1.54) is 31.7 Å². The van der Waals surface area contributed by atoms with E-state index in [0.29, 0.717) is 17.2 Å². The number of aliphatic hydroxyl groups is 1. The van der Waals surface area contributed by atoms with E-state index in [1.807, 2.05) is 11.9 Å². The molecule has 0 aliphatic heterocycles. The van der Waals surface area contributed by atoms with Crippen molar-refractivity contribution in [2.24, 2.45) is 5.92 Å². The lowest BCUT2D eigenvalue weighted by Gasteiger charge is -2.24. The fourth-order valence-corrected chi connectivity index (χ4v) is 2.77. The van der Waals surface area contributed by atoms with Crippen LogP contribution in [0.4, 0.5) is 10.1 Å². The quantitative estimate of drug-likeness (QED) is 0.885. The smallest absolute Gasteiger partial charge is 0.146 e. The first-order valence-corrected chi connectivity index (χ1v) is 6.76. The molecule has 1 aromatic carbocycles. The van der Waals surface area contributed by atoms with Gasteiger partial charge in [0.05, 0.1) is 11.8 Å². The SMILES string of the molecule is C[C@H](O)c1ccc(N(C)CC2CCCC2)c(F)c1. The molecule has 1 atom stereocenters. The second-order valence-corrected chi connectivity index (χ2v) is 5.42. The van der Waals surface area contributed by atoms with Crippen molar-refractivity contribution in [3.8, 4) is 0 Å². The van der Waals surface area contributed by atoms with E-state index >= 15 is 0 Å². The minimum atomic E-state index is -0.617. The Hall–Kier alpha value is -1.09. The first-order valence-electron chi connectivity index (χ1n) is 6.76. The van der Waals surface area contributed by atoms with Crippen LogP contribution in [-0.2, 0) is 0 Å². The van der Waals surface area contributed by atoms with Gasteiger partial charge >= 0.3 is 0 Å². The highest BCUT2D eigenvalue weighted by molar-refractivity contribution is 5.48. The minimum absolute atomic E-state index is 0.242. The average Bonchev–Trinajstić information content (AvgIpc) is 2.81. The number of hydrogen-bond acceptors (Lipinski definition) is 2. The molecule has 1 N–H and O–H groups in total. The summed E-state index contributed by atoms with van der Waals surface area (Å²) in [5.41, 5.74) is 1.26. The van der Waals surface area contributed by atoms with Crippen molar-refractivity contribution in [1.82, 2.24) is 0 Å². The van der Waals surface area contributed by atoms with Crippen molar-refractivity contribution >= 4 is 5.69 Å². The molecule has 100 valence electrons. The van der Waals surface area contributed by atoms with Gasteiger partial charge in [-0.3, -0.25) is 0 Å². The number of halogens is 1. The van der Waals surface area contributed by atoms with Gasteiger partial charge in [0.1, 0.15) is 5.82 Å². The molecular weight excluding hydrogens is 229 g/mol. The fourth-order valence-electron chi connectivity index (χ4n) is 2.77. The van der Waals surface area contributed by atoms with Crippen LogP contribution < -0.4 is 4.90 Å². The zero-order valence-electron chi connectivity index (χ0n) is 11.2. The summed E-state index contributed by atoms with van der Waals surface area (Å²) in [7, 11) is 1.94. The Bertz CT molecular complexity index is 399. The number of anilines is 1. The molecule has 0 aromatic heterocycles. The van der Waals surface area contributed by atoms with Gasteiger partial charge in [0, 0.05) is 13.6 Å². The van der Waals surface area contributed by atoms with Crippen LogP contribution in [-0.4, -0.2) is 18.7 Å². The summed E-state index contributed by atoms with van der Waals surface area (Å²) < 4.78 is 14.0. The molecule has 1 aliphatic carbocycles. The topological polar surface area (TPSA) is 23.5 Å². The zero-order chi connectivity index (χ0) is 13.1. The minimum Gasteiger partial charge on any atom is -0.389 e. The van der Waals surface area contributed by atoms with Crippen LogP contribution in [0.5, 0.6) is 0 Å². The molecule has 0 heterocycles. The maximum Gasteiger partial charge on any atom is 0.146 e. The van der Waals surface area contributed by atoms with E-state index in [0.717, 1.165) is 6.54 Å². The summed E-state index contributed by atoms with van der Waals surface area (Å²) in [5.74, 6) is 0.458. The third-order valence-corrected chi connectivity index (χ3v) is 3.87. The fraction of sp³-hybridized carbons (Fsp3) is 0.600. The van der Waals surface area contributed by atoms with Crippen molar-refractivity contribution < 1.29 is 9.50 Å². The Kier molecular flexibility index (Phi) is 4.23. The Morgan fingerprint density at radius 3 is 2.61 bits per heavy atom. The number of benzene rings is 1. The maximum atomic E-state index is 14.0. The van der Waals surface area contributed by atoms with Crippen LogP contribution in [0.3, 0.4) is 0 Å². The molecule has 1 fully saturated rings. The molecule has 1 aliphatic rings. The predicted octanol–water partition coefficient (Wildman–Crippen LogP) is 3.51. The van der Waals surface area contributed by atoms with Crippen LogP contribution in [0.1, 0.15) is 44.3 Å². The van der Waals surface area contributed by atoms with E-state index in [1.54, 1.807) is 19.1 Å². The molecule has 1 saturated carbocycles. The summed E-state index contributed by atoms with van der Waals surface area (Å²) in [5, 5.41) is 9.43. The van der Waals surface area contributed by atoms with Crippen molar-refractivity contribution in [2.45, 2.75) is 38.7 Å². The van der Waals surface area contributed by atoms with Gasteiger partial charge in [-0.25, -0.2) is 4.39 Å². The third-order valence-electron chi connectivity index (χ3n) is 3.87. The molecule has 0 saturated heterocycles. The summed E-state index contributed by atoms with van der Waals surface area (Å²) >= 11 is 0. The van der Waals surface area contributed by atoms with Gasteiger partial charge in [0.25, 0.3) is 0 Å². The highest BCUT2D eigenvalue weighted by Crippen LogP contribution is 2.28. The number of nitrogens with zero attached hydrogens (tertiary/aromatic N) is 1. The molecular formula is C15H22FNO. The first-order chi connectivity index (χ1) is 8.58. The van der Waals surface area contributed by atoms with Crippen molar-refractivity contribution in [1.29, 1.82) is 0 Å². The number of aliphatic hydroxyl groups excluding tert-OH is 1. The van der Waals surface area contributed by atoms with Gasteiger partial charge in [0.2, 0.25) is 0 Å². The van der Waals surface area contributed by atoms with Crippen molar-refractivity contribution in [3.05, 3.63) is 29.6 Å². The summed E-state index contributed by atoms with van der Waals surface area (Å²) in [6.45, 7) is 2.57. The molecule has 0 amide bonds. The molecule has 1 aromatic rings. The monoisotopic (exact) mass is 251 g/mol. The zero-order valence-corrected chi connectivity index (χ0v) is 11.2. The molecule has 2 rings (SSSR count).